The Labute approximate surface area is 203 Å². The Bertz CT molecular complexity index is 728. The largest absolute Gasteiger partial charge is 0.444 e. The zero-order chi connectivity index (χ0) is 22.3. The molecule has 2 atom stereocenters. The lowest BCUT2D eigenvalue weighted by Gasteiger charge is -2.27. The van der Waals surface area contributed by atoms with Crippen LogP contribution >= 0.6 is 24.0 Å². The summed E-state index contributed by atoms with van der Waals surface area (Å²) in [7, 11) is 0. The van der Waals surface area contributed by atoms with Gasteiger partial charge in [-0.3, -0.25) is 4.99 Å². The van der Waals surface area contributed by atoms with Crippen LogP contribution in [0.1, 0.15) is 66.5 Å². The molecule has 0 fully saturated rings. The van der Waals surface area contributed by atoms with Crippen molar-refractivity contribution in [3.05, 3.63) is 11.6 Å². The maximum atomic E-state index is 12.2. The summed E-state index contributed by atoms with van der Waals surface area (Å²) in [6.45, 7) is 15.8. The fraction of sp³-hybridized carbons (Fsp3) is 0.810. The Morgan fingerprint density at radius 2 is 2.03 bits per heavy atom. The van der Waals surface area contributed by atoms with Gasteiger partial charge in [-0.05, 0) is 40.0 Å². The SMILES string of the molecule is CCNC(=NCC(NC(=O)OC(C)(C)C)C(C)C)NC1CCc2nc(CC)nn2C1.I. The molecule has 178 valence electrons. The molecule has 1 aromatic heterocycles. The smallest absolute Gasteiger partial charge is 0.407 e. The second-order valence-corrected chi connectivity index (χ2v) is 9.08. The predicted molar refractivity (Wildman–Crippen MR) is 134 cm³/mol. The average molecular weight is 550 g/mol. The third kappa shape index (κ3) is 9.20. The van der Waals surface area contributed by atoms with E-state index in [1.807, 2.05) is 32.4 Å². The number of aromatic nitrogens is 3. The Hall–Kier alpha value is -1.59. The first-order valence-corrected chi connectivity index (χ1v) is 11.1. The van der Waals surface area contributed by atoms with Gasteiger partial charge in [-0.25, -0.2) is 14.5 Å². The highest BCUT2D eigenvalue weighted by Gasteiger charge is 2.24. The van der Waals surface area contributed by atoms with E-state index in [0.29, 0.717) is 6.54 Å². The van der Waals surface area contributed by atoms with Gasteiger partial charge in [0.1, 0.15) is 11.4 Å². The van der Waals surface area contributed by atoms with Gasteiger partial charge >= 0.3 is 6.09 Å². The number of hydrogen-bond donors (Lipinski definition) is 3. The quantitative estimate of drug-likeness (QED) is 0.275. The number of halogens is 1. The van der Waals surface area contributed by atoms with E-state index in [0.717, 1.165) is 50.0 Å². The van der Waals surface area contributed by atoms with Gasteiger partial charge in [-0.15, -0.1) is 24.0 Å². The van der Waals surface area contributed by atoms with Crippen LogP contribution in [0.4, 0.5) is 4.79 Å². The lowest BCUT2D eigenvalue weighted by atomic mass is 10.1. The number of amides is 1. The molecular weight excluding hydrogens is 509 g/mol. The highest BCUT2D eigenvalue weighted by Crippen LogP contribution is 2.13. The number of guanidine groups is 1. The van der Waals surface area contributed by atoms with Crippen molar-refractivity contribution in [2.24, 2.45) is 10.9 Å². The molecule has 0 radical (unpaired) electrons. The molecule has 0 saturated heterocycles. The summed E-state index contributed by atoms with van der Waals surface area (Å²) in [5, 5.41) is 14.3. The number of carbonyl (C=O) groups excluding carboxylic acids is 1. The number of rotatable bonds is 7. The summed E-state index contributed by atoms with van der Waals surface area (Å²) in [5.74, 6) is 2.94. The Balaban J connectivity index is 0.00000480. The highest BCUT2D eigenvalue weighted by atomic mass is 127. The van der Waals surface area contributed by atoms with Gasteiger partial charge in [0.05, 0.1) is 19.1 Å². The Kier molecular flexibility index (Phi) is 11.0. The first-order valence-electron chi connectivity index (χ1n) is 11.1. The normalized spacial score (nSPS) is 17.4. The van der Waals surface area contributed by atoms with Crippen LogP contribution in [-0.4, -0.2) is 57.6 Å². The fourth-order valence-corrected chi connectivity index (χ4v) is 3.21. The van der Waals surface area contributed by atoms with Crippen molar-refractivity contribution in [1.29, 1.82) is 0 Å². The summed E-state index contributed by atoms with van der Waals surface area (Å²) in [6, 6.07) is 0.119. The van der Waals surface area contributed by atoms with E-state index in [2.05, 4.69) is 46.8 Å². The molecule has 1 amide bonds. The molecular formula is C21H40IN7O2. The van der Waals surface area contributed by atoms with Crippen LogP contribution in [0, 0.1) is 5.92 Å². The van der Waals surface area contributed by atoms with E-state index < -0.39 is 11.7 Å². The van der Waals surface area contributed by atoms with Crippen LogP contribution in [-0.2, 0) is 24.1 Å². The summed E-state index contributed by atoms with van der Waals surface area (Å²) in [6.07, 6.45) is 2.32. The molecule has 1 aliphatic rings. The predicted octanol–water partition coefficient (Wildman–Crippen LogP) is 2.88. The van der Waals surface area contributed by atoms with Crippen molar-refractivity contribution in [2.45, 2.75) is 92.0 Å². The van der Waals surface area contributed by atoms with E-state index in [4.69, 9.17) is 9.73 Å². The minimum atomic E-state index is -0.524. The maximum Gasteiger partial charge on any atom is 0.407 e. The van der Waals surface area contributed by atoms with Crippen molar-refractivity contribution < 1.29 is 9.53 Å². The molecule has 0 aromatic carbocycles. The maximum absolute atomic E-state index is 12.2. The summed E-state index contributed by atoms with van der Waals surface area (Å²) >= 11 is 0. The van der Waals surface area contributed by atoms with E-state index >= 15 is 0 Å². The molecule has 1 aromatic rings. The number of fused-ring (bicyclic) bond motifs is 1. The van der Waals surface area contributed by atoms with Crippen LogP contribution in [0.2, 0.25) is 0 Å². The molecule has 2 rings (SSSR count). The van der Waals surface area contributed by atoms with Gasteiger partial charge in [0, 0.05) is 25.4 Å². The Morgan fingerprint density at radius 3 is 2.61 bits per heavy atom. The van der Waals surface area contributed by atoms with Gasteiger partial charge in [0.2, 0.25) is 0 Å². The van der Waals surface area contributed by atoms with E-state index in [9.17, 15) is 4.79 Å². The Morgan fingerprint density at radius 1 is 1.32 bits per heavy atom. The third-order valence-corrected chi connectivity index (χ3v) is 4.86. The fourth-order valence-electron chi connectivity index (χ4n) is 3.21. The molecule has 10 heteroatoms. The highest BCUT2D eigenvalue weighted by molar-refractivity contribution is 14.0. The number of aliphatic imine (C=N–C) groups is 1. The number of nitrogens with zero attached hydrogens (tertiary/aromatic N) is 4. The first kappa shape index (κ1) is 27.4. The molecule has 0 bridgehead atoms. The number of alkyl carbamates (subject to hydrolysis) is 1. The molecule has 0 saturated carbocycles. The lowest BCUT2D eigenvalue weighted by Crippen LogP contribution is -2.48. The molecule has 2 unspecified atom stereocenters. The van der Waals surface area contributed by atoms with Crippen LogP contribution in [0.5, 0.6) is 0 Å². The second kappa shape index (κ2) is 12.4. The number of nitrogens with one attached hydrogen (secondary N) is 3. The molecule has 9 nitrogen and oxygen atoms in total. The van der Waals surface area contributed by atoms with Gasteiger partial charge in [0.25, 0.3) is 0 Å². The number of carbonyl (C=O) groups is 1. The molecule has 2 heterocycles. The number of hydrogen-bond acceptors (Lipinski definition) is 5. The lowest BCUT2D eigenvalue weighted by molar-refractivity contribution is 0.0493. The van der Waals surface area contributed by atoms with Crippen LogP contribution < -0.4 is 16.0 Å². The molecule has 0 spiro atoms. The zero-order valence-corrected chi connectivity index (χ0v) is 22.3. The van der Waals surface area contributed by atoms with Crippen molar-refractivity contribution >= 4 is 36.0 Å². The molecule has 31 heavy (non-hydrogen) atoms. The summed E-state index contributed by atoms with van der Waals surface area (Å²) in [4.78, 5) is 21.5. The first-order chi connectivity index (χ1) is 14.1. The third-order valence-electron chi connectivity index (χ3n) is 4.86. The van der Waals surface area contributed by atoms with Gasteiger partial charge in [-0.1, -0.05) is 20.8 Å². The standard InChI is InChI=1S/C21H39N7O2.HI/c1-8-17-26-18-11-10-15(13-28(18)27-17)24-19(22-9-2)23-12-16(14(3)4)25-20(29)30-21(5,6)7;/h14-16H,8-13H2,1-7H3,(H,25,29)(H2,22,23,24);1H. The summed E-state index contributed by atoms with van der Waals surface area (Å²) < 4.78 is 7.40. The van der Waals surface area contributed by atoms with E-state index in [1.54, 1.807) is 0 Å². The average Bonchev–Trinajstić information content (AvgIpc) is 3.05. The zero-order valence-electron chi connectivity index (χ0n) is 20.0. The molecule has 0 aliphatic carbocycles. The number of aryl methyl sites for hydroxylation is 2. The van der Waals surface area contributed by atoms with E-state index in [-0.39, 0.29) is 42.0 Å². The minimum absolute atomic E-state index is 0. The van der Waals surface area contributed by atoms with Crippen LogP contribution in [0.15, 0.2) is 4.99 Å². The monoisotopic (exact) mass is 549 g/mol. The van der Waals surface area contributed by atoms with Crippen molar-refractivity contribution in [3.63, 3.8) is 0 Å². The van der Waals surface area contributed by atoms with Gasteiger partial charge in [-0.2, -0.15) is 5.10 Å². The second-order valence-electron chi connectivity index (χ2n) is 9.08. The summed E-state index contributed by atoms with van der Waals surface area (Å²) in [5.41, 5.74) is -0.524. The van der Waals surface area contributed by atoms with Gasteiger partial charge < -0.3 is 20.7 Å². The van der Waals surface area contributed by atoms with Gasteiger partial charge in [0.15, 0.2) is 11.8 Å². The van der Waals surface area contributed by atoms with Crippen LogP contribution in [0.25, 0.3) is 0 Å². The van der Waals surface area contributed by atoms with E-state index in [1.165, 1.54) is 0 Å². The van der Waals surface area contributed by atoms with Crippen molar-refractivity contribution in [2.75, 3.05) is 13.1 Å². The number of ether oxygens (including phenoxy) is 1. The topological polar surface area (TPSA) is 105 Å². The van der Waals surface area contributed by atoms with Crippen LogP contribution in [0.3, 0.4) is 0 Å². The van der Waals surface area contributed by atoms with Crippen molar-refractivity contribution in [1.82, 2.24) is 30.7 Å². The molecule has 3 N–H and O–H groups in total. The van der Waals surface area contributed by atoms with Crippen molar-refractivity contribution in [3.8, 4) is 0 Å². The minimum Gasteiger partial charge on any atom is -0.444 e. The molecule has 1 aliphatic heterocycles.